The van der Waals surface area contributed by atoms with Crippen LogP contribution in [0.1, 0.15) is 46.5 Å². The molecule has 6 heteroatoms. The summed E-state index contributed by atoms with van der Waals surface area (Å²) >= 11 is 1.53. The van der Waals surface area contributed by atoms with Crippen LogP contribution in [0.2, 0.25) is 0 Å². The molecular weight excluding hydrogens is 358 g/mol. The largest absolute Gasteiger partial charge is 0.350 e. The van der Waals surface area contributed by atoms with Crippen molar-refractivity contribution in [3.05, 3.63) is 62.0 Å². The van der Waals surface area contributed by atoms with E-state index in [0.29, 0.717) is 11.9 Å². The number of nitrogens with one attached hydrogen (secondary N) is 1. The van der Waals surface area contributed by atoms with Crippen LogP contribution in [0.5, 0.6) is 0 Å². The smallest absolute Gasteiger partial charge is 0.262 e. The Kier molecular flexibility index (Phi) is 5.46. The van der Waals surface area contributed by atoms with Crippen molar-refractivity contribution in [1.29, 1.82) is 0 Å². The van der Waals surface area contributed by atoms with Gasteiger partial charge in [-0.05, 0) is 51.3 Å². The lowest BCUT2D eigenvalue weighted by Gasteiger charge is -2.17. The maximum Gasteiger partial charge on any atom is 0.262 e. The summed E-state index contributed by atoms with van der Waals surface area (Å²) in [5, 5.41) is 3.70. The molecule has 27 heavy (non-hydrogen) atoms. The number of fused-ring (bicyclic) bond motifs is 1. The first-order valence-electron chi connectivity index (χ1n) is 9.09. The number of carbonyl (C=O) groups excluding carboxylic acids is 1. The second-order valence-corrected chi connectivity index (χ2v) is 8.31. The zero-order valence-electron chi connectivity index (χ0n) is 16.4. The van der Waals surface area contributed by atoms with Crippen LogP contribution in [0, 0.1) is 27.7 Å². The van der Waals surface area contributed by atoms with E-state index in [9.17, 15) is 9.59 Å². The van der Waals surface area contributed by atoms with Gasteiger partial charge < -0.3 is 5.32 Å². The van der Waals surface area contributed by atoms with Crippen LogP contribution in [0.15, 0.2) is 29.3 Å². The highest BCUT2D eigenvalue weighted by atomic mass is 32.1. The second-order valence-electron chi connectivity index (χ2n) is 7.11. The van der Waals surface area contributed by atoms with Gasteiger partial charge in [-0.2, -0.15) is 0 Å². The van der Waals surface area contributed by atoms with Crippen molar-refractivity contribution in [2.45, 2.75) is 53.6 Å². The fourth-order valence-corrected chi connectivity index (χ4v) is 4.26. The van der Waals surface area contributed by atoms with Gasteiger partial charge in [0.1, 0.15) is 4.83 Å². The van der Waals surface area contributed by atoms with E-state index in [1.54, 1.807) is 6.33 Å². The van der Waals surface area contributed by atoms with Crippen molar-refractivity contribution in [3.63, 3.8) is 0 Å². The van der Waals surface area contributed by atoms with Gasteiger partial charge in [-0.1, -0.05) is 23.8 Å². The number of nitrogens with zero attached hydrogens (tertiary/aromatic N) is 2. The van der Waals surface area contributed by atoms with Crippen LogP contribution in [0.25, 0.3) is 10.2 Å². The lowest BCUT2D eigenvalue weighted by atomic mass is 10.00. The van der Waals surface area contributed by atoms with E-state index in [2.05, 4.69) is 28.5 Å². The Morgan fingerprint density at radius 3 is 2.74 bits per heavy atom. The first-order chi connectivity index (χ1) is 12.8. The van der Waals surface area contributed by atoms with E-state index < -0.39 is 0 Å². The third-order valence-corrected chi connectivity index (χ3v) is 6.13. The number of thiophene rings is 1. The van der Waals surface area contributed by atoms with Gasteiger partial charge in [0.2, 0.25) is 5.91 Å². The van der Waals surface area contributed by atoms with Crippen molar-refractivity contribution in [2.75, 3.05) is 0 Å². The molecule has 0 radical (unpaired) electrons. The Hall–Kier alpha value is -2.47. The lowest BCUT2D eigenvalue weighted by Crippen LogP contribution is -2.29. The van der Waals surface area contributed by atoms with Crippen molar-refractivity contribution in [2.24, 2.45) is 0 Å². The number of hydrogen-bond acceptors (Lipinski definition) is 4. The average Bonchev–Trinajstić information content (AvgIpc) is 2.91. The molecule has 0 aliphatic carbocycles. The summed E-state index contributed by atoms with van der Waals surface area (Å²) in [7, 11) is 0. The van der Waals surface area contributed by atoms with Crippen LogP contribution in [0.4, 0.5) is 0 Å². The van der Waals surface area contributed by atoms with E-state index in [1.165, 1.54) is 21.5 Å². The Bertz CT molecular complexity index is 1070. The molecule has 0 aliphatic heterocycles. The number of carbonyl (C=O) groups is 1. The molecule has 1 N–H and O–H groups in total. The van der Waals surface area contributed by atoms with E-state index in [4.69, 9.17) is 0 Å². The molecule has 1 aromatic carbocycles. The molecule has 1 amide bonds. The predicted molar refractivity (Wildman–Crippen MR) is 110 cm³/mol. The quantitative estimate of drug-likeness (QED) is 0.725. The first-order valence-corrected chi connectivity index (χ1v) is 9.91. The maximum absolute atomic E-state index is 12.7. The fraction of sp³-hybridized carbons (Fsp3) is 0.381. The van der Waals surface area contributed by atoms with Crippen LogP contribution in [0.3, 0.4) is 0 Å². The number of benzene rings is 1. The SMILES string of the molecule is Cc1ccc(C)c(C(C)NC(=O)CCn2cnc3sc(C)c(C)c3c2=O)c1. The number of rotatable bonds is 5. The molecular formula is C21H25N3O2S. The van der Waals surface area contributed by atoms with Gasteiger partial charge in [-0.15, -0.1) is 11.3 Å². The molecule has 5 nitrogen and oxygen atoms in total. The number of aryl methyl sites for hydroxylation is 5. The van der Waals surface area contributed by atoms with Gasteiger partial charge >= 0.3 is 0 Å². The summed E-state index contributed by atoms with van der Waals surface area (Å²) in [6.45, 7) is 10.3. The topological polar surface area (TPSA) is 64.0 Å². The van der Waals surface area contributed by atoms with Crippen molar-refractivity contribution < 1.29 is 4.79 Å². The van der Waals surface area contributed by atoms with Gasteiger partial charge in [-0.25, -0.2) is 4.98 Å². The third kappa shape index (κ3) is 3.95. The van der Waals surface area contributed by atoms with E-state index in [1.807, 2.05) is 34.6 Å². The Labute approximate surface area is 163 Å². The third-order valence-electron chi connectivity index (χ3n) is 5.01. The standard InChI is InChI=1S/C21H25N3O2S/c1-12-6-7-13(2)17(10-12)15(4)23-18(25)8-9-24-11-22-20-19(21(24)26)14(3)16(5)27-20/h6-7,10-11,15H,8-9H2,1-5H3,(H,23,25). The van der Waals surface area contributed by atoms with Crippen molar-refractivity contribution in [1.82, 2.24) is 14.9 Å². The molecule has 0 fully saturated rings. The molecule has 2 heterocycles. The number of amides is 1. The summed E-state index contributed by atoms with van der Waals surface area (Å²) in [4.78, 5) is 31.3. The molecule has 0 saturated carbocycles. The number of aromatic nitrogens is 2. The zero-order chi connectivity index (χ0) is 19.7. The van der Waals surface area contributed by atoms with Crippen molar-refractivity contribution >= 4 is 27.5 Å². The van der Waals surface area contributed by atoms with Gasteiger partial charge in [0, 0.05) is 17.8 Å². The number of hydrogen-bond donors (Lipinski definition) is 1. The van der Waals surface area contributed by atoms with Gasteiger partial charge in [-0.3, -0.25) is 14.2 Å². The summed E-state index contributed by atoms with van der Waals surface area (Å²) in [6, 6.07) is 6.16. The van der Waals surface area contributed by atoms with Crippen molar-refractivity contribution in [3.8, 4) is 0 Å². The second kappa shape index (κ2) is 7.64. The highest BCUT2D eigenvalue weighted by molar-refractivity contribution is 7.18. The highest BCUT2D eigenvalue weighted by Gasteiger charge is 2.14. The van der Waals surface area contributed by atoms with E-state index in [-0.39, 0.29) is 23.9 Å². The van der Waals surface area contributed by atoms with Gasteiger partial charge in [0.25, 0.3) is 5.56 Å². The molecule has 3 aromatic rings. The highest BCUT2D eigenvalue weighted by Crippen LogP contribution is 2.25. The normalized spacial score (nSPS) is 12.3. The molecule has 1 atom stereocenters. The maximum atomic E-state index is 12.7. The molecule has 0 spiro atoms. The lowest BCUT2D eigenvalue weighted by molar-refractivity contribution is -0.121. The molecule has 142 valence electrons. The Balaban J connectivity index is 1.70. The van der Waals surface area contributed by atoms with E-state index >= 15 is 0 Å². The summed E-state index contributed by atoms with van der Waals surface area (Å²) in [5.74, 6) is -0.0753. The molecule has 3 rings (SSSR count). The van der Waals surface area contributed by atoms with E-state index in [0.717, 1.165) is 26.4 Å². The van der Waals surface area contributed by atoms with Crippen LogP contribution >= 0.6 is 11.3 Å². The monoisotopic (exact) mass is 383 g/mol. The predicted octanol–water partition coefficient (Wildman–Crippen LogP) is 3.96. The van der Waals surface area contributed by atoms with Crippen LogP contribution < -0.4 is 10.9 Å². The summed E-state index contributed by atoms with van der Waals surface area (Å²) in [6.07, 6.45) is 1.78. The van der Waals surface area contributed by atoms with Crippen LogP contribution in [-0.2, 0) is 11.3 Å². The minimum Gasteiger partial charge on any atom is -0.350 e. The first kappa shape index (κ1) is 19.3. The summed E-state index contributed by atoms with van der Waals surface area (Å²) < 4.78 is 1.53. The molecule has 0 aliphatic rings. The van der Waals surface area contributed by atoms with Crippen LogP contribution in [-0.4, -0.2) is 15.5 Å². The Morgan fingerprint density at radius 2 is 2.00 bits per heavy atom. The Morgan fingerprint density at radius 1 is 1.26 bits per heavy atom. The van der Waals surface area contributed by atoms with Gasteiger partial charge in [0.15, 0.2) is 0 Å². The summed E-state index contributed by atoms with van der Waals surface area (Å²) in [5.41, 5.74) is 4.35. The van der Waals surface area contributed by atoms with Gasteiger partial charge in [0.05, 0.1) is 17.8 Å². The molecule has 2 aromatic heterocycles. The molecule has 0 bridgehead atoms. The average molecular weight is 384 g/mol. The fourth-order valence-electron chi connectivity index (χ4n) is 3.27. The minimum absolute atomic E-state index is 0.0720. The molecule has 1 unspecified atom stereocenters. The minimum atomic E-state index is -0.0753. The zero-order valence-corrected chi connectivity index (χ0v) is 17.2. The molecule has 0 saturated heterocycles.